The maximum atomic E-state index is 11.4. The summed E-state index contributed by atoms with van der Waals surface area (Å²) in [5, 5.41) is 0. The summed E-state index contributed by atoms with van der Waals surface area (Å²) in [6.07, 6.45) is 5.56. The molecule has 16 heavy (non-hydrogen) atoms. The van der Waals surface area contributed by atoms with Crippen molar-refractivity contribution >= 4 is 29.3 Å². The number of likely N-dealkylation sites (tertiary alicyclic amines) is 1. The lowest BCUT2D eigenvalue weighted by atomic mass is 10.1. The largest absolute Gasteiger partial charge is 0.356 e. The zero-order chi connectivity index (χ0) is 12.0. The summed E-state index contributed by atoms with van der Waals surface area (Å²) in [5.74, 6) is 0.270. The Hall–Kier alpha value is -0.770. The number of hydrogen-bond donors (Lipinski definition) is 0. The molecule has 1 atom stereocenters. The molecule has 0 aromatic heterocycles. The smallest absolute Gasteiger partial charge is 0.142 e. The standard InChI is InChI=1S/C12H19NO2S/c1-2-4-11(15)6-7-12(16)13-8-3-5-10(13)9-14/h9-10H,2-8H2,1H3. The van der Waals surface area contributed by atoms with Gasteiger partial charge in [-0.1, -0.05) is 19.1 Å². The van der Waals surface area contributed by atoms with Crippen LogP contribution in [0.5, 0.6) is 0 Å². The summed E-state index contributed by atoms with van der Waals surface area (Å²) >= 11 is 5.27. The van der Waals surface area contributed by atoms with E-state index in [2.05, 4.69) is 0 Å². The summed E-state index contributed by atoms with van der Waals surface area (Å²) in [6.45, 7) is 2.86. The van der Waals surface area contributed by atoms with Gasteiger partial charge >= 0.3 is 0 Å². The van der Waals surface area contributed by atoms with Gasteiger partial charge in [0.25, 0.3) is 0 Å². The normalized spacial score (nSPS) is 19.8. The third kappa shape index (κ3) is 3.67. The van der Waals surface area contributed by atoms with Crippen LogP contribution in [0.15, 0.2) is 0 Å². The molecule has 3 nitrogen and oxygen atoms in total. The van der Waals surface area contributed by atoms with Crippen molar-refractivity contribution in [2.45, 2.75) is 51.5 Å². The van der Waals surface area contributed by atoms with Crippen LogP contribution in [0.1, 0.15) is 45.4 Å². The Kier molecular flexibility index (Phi) is 5.60. The number of hydrogen-bond acceptors (Lipinski definition) is 3. The molecule has 1 rings (SSSR count). The number of ketones is 1. The molecule has 90 valence electrons. The van der Waals surface area contributed by atoms with Crippen molar-refractivity contribution in [3.63, 3.8) is 0 Å². The SMILES string of the molecule is CCCC(=O)CCC(=S)N1CCCC1C=O. The highest BCUT2D eigenvalue weighted by Gasteiger charge is 2.25. The van der Waals surface area contributed by atoms with E-state index in [0.717, 1.165) is 37.1 Å². The number of Topliss-reactive ketones (excluding diaryl/α,β-unsaturated/α-hetero) is 1. The van der Waals surface area contributed by atoms with Gasteiger partial charge in [-0.15, -0.1) is 0 Å². The highest BCUT2D eigenvalue weighted by atomic mass is 32.1. The van der Waals surface area contributed by atoms with Crippen LogP contribution in [0.25, 0.3) is 0 Å². The van der Waals surface area contributed by atoms with Crippen molar-refractivity contribution in [2.24, 2.45) is 0 Å². The number of carbonyl (C=O) groups excluding carboxylic acids is 2. The van der Waals surface area contributed by atoms with Gasteiger partial charge in [-0.2, -0.15) is 0 Å². The number of carbonyl (C=O) groups is 2. The molecule has 1 saturated heterocycles. The van der Waals surface area contributed by atoms with E-state index >= 15 is 0 Å². The molecular weight excluding hydrogens is 222 g/mol. The molecule has 0 aromatic carbocycles. The second kappa shape index (κ2) is 6.74. The molecule has 0 bridgehead atoms. The molecule has 0 saturated carbocycles. The van der Waals surface area contributed by atoms with E-state index in [4.69, 9.17) is 12.2 Å². The summed E-state index contributed by atoms with van der Waals surface area (Å²) in [7, 11) is 0. The predicted molar refractivity (Wildman–Crippen MR) is 67.5 cm³/mol. The first kappa shape index (κ1) is 13.3. The van der Waals surface area contributed by atoms with E-state index in [1.165, 1.54) is 0 Å². The molecule has 0 amide bonds. The molecule has 0 radical (unpaired) electrons. The van der Waals surface area contributed by atoms with Crippen molar-refractivity contribution < 1.29 is 9.59 Å². The van der Waals surface area contributed by atoms with E-state index in [-0.39, 0.29) is 11.8 Å². The first-order valence-corrected chi connectivity index (χ1v) is 6.36. The minimum atomic E-state index is -0.0474. The molecule has 1 aliphatic rings. The fraction of sp³-hybridized carbons (Fsp3) is 0.750. The van der Waals surface area contributed by atoms with Gasteiger partial charge in [-0.05, 0) is 19.3 Å². The third-order valence-electron chi connectivity index (χ3n) is 2.92. The first-order chi connectivity index (χ1) is 7.69. The summed E-state index contributed by atoms with van der Waals surface area (Å²) in [5.41, 5.74) is 0. The monoisotopic (exact) mass is 241 g/mol. The molecular formula is C12H19NO2S. The fourth-order valence-corrected chi connectivity index (χ4v) is 2.37. The Morgan fingerprint density at radius 1 is 1.44 bits per heavy atom. The van der Waals surface area contributed by atoms with Crippen molar-refractivity contribution in [2.75, 3.05) is 6.54 Å². The number of thiocarbonyl (C=S) groups is 1. The molecule has 1 unspecified atom stereocenters. The molecule has 4 heteroatoms. The van der Waals surface area contributed by atoms with Gasteiger partial charge in [0.05, 0.1) is 11.0 Å². The Bertz CT molecular complexity index is 278. The van der Waals surface area contributed by atoms with Crippen LogP contribution in [0, 0.1) is 0 Å². The first-order valence-electron chi connectivity index (χ1n) is 5.95. The van der Waals surface area contributed by atoms with E-state index in [1.54, 1.807) is 0 Å². The van der Waals surface area contributed by atoms with Gasteiger partial charge in [0.15, 0.2) is 0 Å². The Morgan fingerprint density at radius 2 is 2.19 bits per heavy atom. The van der Waals surface area contributed by atoms with Crippen LogP contribution in [-0.4, -0.2) is 34.5 Å². The third-order valence-corrected chi connectivity index (χ3v) is 3.36. The summed E-state index contributed by atoms with van der Waals surface area (Å²) in [4.78, 5) is 24.9. The lowest BCUT2D eigenvalue weighted by Crippen LogP contribution is -2.35. The number of aldehydes is 1. The maximum absolute atomic E-state index is 11.4. The van der Waals surface area contributed by atoms with Crippen LogP contribution in [0.4, 0.5) is 0 Å². The minimum absolute atomic E-state index is 0.0474. The van der Waals surface area contributed by atoms with Gasteiger partial charge < -0.3 is 9.69 Å². The Morgan fingerprint density at radius 3 is 2.81 bits per heavy atom. The summed E-state index contributed by atoms with van der Waals surface area (Å²) in [6, 6.07) is -0.0474. The quantitative estimate of drug-likeness (QED) is 0.527. The molecule has 1 aliphatic heterocycles. The van der Waals surface area contributed by atoms with Crippen molar-refractivity contribution in [3.8, 4) is 0 Å². The van der Waals surface area contributed by atoms with Crippen molar-refractivity contribution in [1.29, 1.82) is 0 Å². The lowest BCUT2D eigenvalue weighted by molar-refractivity contribution is -0.119. The fourth-order valence-electron chi connectivity index (χ4n) is 2.04. The van der Waals surface area contributed by atoms with Gasteiger partial charge in [0.2, 0.25) is 0 Å². The lowest BCUT2D eigenvalue weighted by Gasteiger charge is -2.23. The van der Waals surface area contributed by atoms with Crippen LogP contribution < -0.4 is 0 Å². The highest BCUT2D eigenvalue weighted by Crippen LogP contribution is 2.18. The van der Waals surface area contributed by atoms with Gasteiger partial charge in [-0.3, -0.25) is 4.79 Å². The second-order valence-corrected chi connectivity index (χ2v) is 4.69. The zero-order valence-corrected chi connectivity index (χ0v) is 10.6. The molecule has 1 heterocycles. The molecule has 1 fully saturated rings. The van der Waals surface area contributed by atoms with Crippen molar-refractivity contribution in [1.82, 2.24) is 4.90 Å². The molecule has 0 spiro atoms. The van der Waals surface area contributed by atoms with Crippen molar-refractivity contribution in [3.05, 3.63) is 0 Å². The van der Waals surface area contributed by atoms with Gasteiger partial charge in [0, 0.05) is 25.8 Å². The summed E-state index contributed by atoms with van der Waals surface area (Å²) < 4.78 is 0. The number of rotatable bonds is 6. The van der Waals surface area contributed by atoms with E-state index < -0.39 is 0 Å². The maximum Gasteiger partial charge on any atom is 0.142 e. The Balaban J connectivity index is 2.34. The minimum Gasteiger partial charge on any atom is -0.356 e. The van der Waals surface area contributed by atoms with Crippen LogP contribution in [0.2, 0.25) is 0 Å². The molecule has 0 aliphatic carbocycles. The van der Waals surface area contributed by atoms with Crippen LogP contribution in [-0.2, 0) is 9.59 Å². The molecule has 0 aromatic rings. The number of nitrogens with zero attached hydrogens (tertiary/aromatic N) is 1. The van der Waals surface area contributed by atoms with Crippen LogP contribution in [0.3, 0.4) is 0 Å². The van der Waals surface area contributed by atoms with Crippen LogP contribution >= 0.6 is 12.2 Å². The van der Waals surface area contributed by atoms with E-state index in [0.29, 0.717) is 19.3 Å². The predicted octanol–water partition coefficient (Wildman–Crippen LogP) is 2.13. The van der Waals surface area contributed by atoms with E-state index in [1.807, 2.05) is 11.8 Å². The zero-order valence-electron chi connectivity index (χ0n) is 9.78. The second-order valence-electron chi connectivity index (χ2n) is 4.22. The highest BCUT2D eigenvalue weighted by molar-refractivity contribution is 7.80. The average molecular weight is 241 g/mol. The van der Waals surface area contributed by atoms with Gasteiger partial charge in [-0.25, -0.2) is 0 Å². The topological polar surface area (TPSA) is 37.4 Å². The average Bonchev–Trinajstić information content (AvgIpc) is 2.74. The molecule has 0 N–H and O–H groups in total. The Labute approximate surface area is 102 Å². The van der Waals surface area contributed by atoms with E-state index in [9.17, 15) is 9.59 Å². The van der Waals surface area contributed by atoms with Gasteiger partial charge in [0.1, 0.15) is 12.1 Å².